The smallest absolute Gasteiger partial charge is 0.357 e. The fourth-order valence-corrected chi connectivity index (χ4v) is 5.13. The number of guanidine groups is 1. The molecule has 2 N–H and O–H groups in total. The highest BCUT2D eigenvalue weighted by atomic mass is 32.2. The summed E-state index contributed by atoms with van der Waals surface area (Å²) in [4.78, 5) is 4.72. The van der Waals surface area contributed by atoms with E-state index in [4.69, 9.17) is 4.99 Å². The quantitative estimate of drug-likeness (QED) is 0.539. The van der Waals surface area contributed by atoms with E-state index >= 15 is 0 Å². The summed E-state index contributed by atoms with van der Waals surface area (Å²) >= 11 is 0. The number of aryl methyl sites for hydroxylation is 1. The van der Waals surface area contributed by atoms with E-state index in [-0.39, 0.29) is 19.1 Å². The lowest BCUT2D eigenvalue weighted by Gasteiger charge is -2.32. The van der Waals surface area contributed by atoms with Crippen LogP contribution in [0.2, 0.25) is 0 Å². The molecule has 1 aliphatic carbocycles. The highest BCUT2D eigenvalue weighted by molar-refractivity contribution is 7.90. The summed E-state index contributed by atoms with van der Waals surface area (Å²) in [6.07, 6.45) is 3.90. The van der Waals surface area contributed by atoms with Crippen LogP contribution >= 0.6 is 0 Å². The molecule has 3 rings (SSSR count). The Morgan fingerprint density at radius 3 is 2.57 bits per heavy atom. The van der Waals surface area contributed by atoms with Crippen molar-refractivity contribution in [3.05, 3.63) is 35.4 Å². The first-order valence-electron chi connectivity index (χ1n) is 10.4. The summed E-state index contributed by atoms with van der Waals surface area (Å²) in [5.74, 6) is 0.974. The van der Waals surface area contributed by atoms with Gasteiger partial charge in [0.1, 0.15) is 0 Å². The number of sulfonamides is 1. The van der Waals surface area contributed by atoms with Crippen LogP contribution in [0.15, 0.2) is 29.3 Å². The number of hydrogen-bond donors (Lipinski definition) is 2. The molecule has 1 saturated heterocycles. The first-order valence-corrected chi connectivity index (χ1v) is 11.9. The molecule has 1 unspecified atom stereocenters. The Bertz CT molecular complexity index is 850. The SMILES string of the molecule is CCNC(=NCC1CCCc2ccccc21)NC1CCN(S(=O)(=O)C(F)(F)F)CC1. The van der Waals surface area contributed by atoms with Gasteiger partial charge in [0.2, 0.25) is 0 Å². The van der Waals surface area contributed by atoms with Crippen LogP contribution in [0, 0.1) is 0 Å². The van der Waals surface area contributed by atoms with Gasteiger partial charge in [0.05, 0.1) is 0 Å². The fraction of sp³-hybridized carbons (Fsp3) is 0.650. The maximum atomic E-state index is 12.7. The van der Waals surface area contributed by atoms with Crippen molar-refractivity contribution in [2.45, 2.75) is 56.5 Å². The number of fused-ring (bicyclic) bond motifs is 1. The zero-order valence-corrected chi connectivity index (χ0v) is 17.9. The summed E-state index contributed by atoms with van der Waals surface area (Å²) in [7, 11) is -5.26. The van der Waals surface area contributed by atoms with Crippen molar-refractivity contribution in [2.75, 3.05) is 26.2 Å². The minimum atomic E-state index is -5.26. The number of aliphatic imine (C=N–C) groups is 1. The Morgan fingerprint density at radius 1 is 1.20 bits per heavy atom. The number of benzene rings is 1. The van der Waals surface area contributed by atoms with Crippen LogP contribution in [0.5, 0.6) is 0 Å². The van der Waals surface area contributed by atoms with Crippen molar-refractivity contribution < 1.29 is 21.6 Å². The molecule has 0 bridgehead atoms. The van der Waals surface area contributed by atoms with Gasteiger partial charge in [-0.05, 0) is 50.2 Å². The van der Waals surface area contributed by atoms with E-state index in [9.17, 15) is 21.6 Å². The van der Waals surface area contributed by atoms with E-state index < -0.39 is 15.5 Å². The second kappa shape index (κ2) is 9.55. The lowest BCUT2D eigenvalue weighted by atomic mass is 9.83. The minimum Gasteiger partial charge on any atom is -0.357 e. The average molecular weight is 447 g/mol. The van der Waals surface area contributed by atoms with Crippen LogP contribution in [0.25, 0.3) is 0 Å². The van der Waals surface area contributed by atoms with Gasteiger partial charge >= 0.3 is 15.5 Å². The molecule has 30 heavy (non-hydrogen) atoms. The summed E-state index contributed by atoms with van der Waals surface area (Å²) in [6, 6.07) is 8.30. The van der Waals surface area contributed by atoms with Gasteiger partial charge < -0.3 is 10.6 Å². The Morgan fingerprint density at radius 2 is 1.90 bits per heavy atom. The van der Waals surface area contributed by atoms with Crippen LogP contribution in [0.4, 0.5) is 13.2 Å². The molecule has 1 aromatic carbocycles. The second-order valence-electron chi connectivity index (χ2n) is 7.78. The van der Waals surface area contributed by atoms with Crippen molar-refractivity contribution in [3.8, 4) is 0 Å². The van der Waals surface area contributed by atoms with Gasteiger partial charge in [0.25, 0.3) is 0 Å². The van der Waals surface area contributed by atoms with E-state index in [0.29, 0.717) is 42.1 Å². The van der Waals surface area contributed by atoms with Crippen molar-refractivity contribution in [1.29, 1.82) is 0 Å². The topological polar surface area (TPSA) is 73.8 Å². The Labute approximate surface area is 176 Å². The maximum Gasteiger partial charge on any atom is 0.511 e. The highest BCUT2D eigenvalue weighted by Gasteiger charge is 2.50. The molecule has 1 aromatic rings. The number of halogens is 3. The number of nitrogens with one attached hydrogen (secondary N) is 2. The molecule has 2 aliphatic rings. The number of nitrogens with zero attached hydrogens (tertiary/aromatic N) is 2. The molecule has 0 amide bonds. The molecule has 6 nitrogen and oxygen atoms in total. The molecule has 168 valence electrons. The Hall–Kier alpha value is -1.81. The third kappa shape index (κ3) is 5.26. The van der Waals surface area contributed by atoms with Gasteiger partial charge in [-0.25, -0.2) is 8.42 Å². The normalized spacial score (nSPS) is 21.9. The standard InChI is InChI=1S/C20H29F3N4O2S/c1-2-24-19(25-14-16-8-5-7-15-6-3-4-9-18(15)16)26-17-10-12-27(13-11-17)30(28,29)20(21,22)23/h3-4,6,9,16-17H,2,5,7-8,10-14H2,1H3,(H2,24,25,26). The van der Waals surface area contributed by atoms with Crippen LogP contribution in [-0.2, 0) is 16.4 Å². The zero-order valence-electron chi connectivity index (χ0n) is 17.1. The third-order valence-electron chi connectivity index (χ3n) is 5.73. The first kappa shape index (κ1) is 22.9. The van der Waals surface area contributed by atoms with Crippen LogP contribution in [-0.4, -0.2) is 56.4 Å². The highest BCUT2D eigenvalue weighted by Crippen LogP contribution is 2.32. The van der Waals surface area contributed by atoms with E-state index in [0.717, 1.165) is 19.3 Å². The second-order valence-corrected chi connectivity index (χ2v) is 9.71. The molecule has 0 spiro atoms. The molecule has 0 radical (unpaired) electrons. The molecule has 1 fully saturated rings. The summed E-state index contributed by atoms with van der Waals surface area (Å²) < 4.78 is 61.8. The van der Waals surface area contributed by atoms with Crippen molar-refractivity contribution >= 4 is 16.0 Å². The summed E-state index contributed by atoms with van der Waals surface area (Å²) in [5, 5.41) is 6.45. The molecule has 10 heteroatoms. The molecule has 1 aliphatic heterocycles. The number of rotatable bonds is 5. The van der Waals surface area contributed by atoms with Crippen LogP contribution < -0.4 is 10.6 Å². The number of piperidine rings is 1. The van der Waals surface area contributed by atoms with Crippen molar-refractivity contribution in [2.24, 2.45) is 4.99 Å². The van der Waals surface area contributed by atoms with Gasteiger partial charge in [-0.15, -0.1) is 0 Å². The largest absolute Gasteiger partial charge is 0.511 e. The van der Waals surface area contributed by atoms with Gasteiger partial charge in [-0.2, -0.15) is 17.5 Å². The Balaban J connectivity index is 1.59. The molecule has 1 heterocycles. The van der Waals surface area contributed by atoms with Crippen molar-refractivity contribution in [1.82, 2.24) is 14.9 Å². The van der Waals surface area contributed by atoms with Crippen LogP contribution in [0.3, 0.4) is 0 Å². The zero-order chi connectivity index (χ0) is 21.8. The van der Waals surface area contributed by atoms with E-state index in [1.807, 2.05) is 13.0 Å². The third-order valence-corrected chi connectivity index (χ3v) is 7.36. The van der Waals surface area contributed by atoms with E-state index in [1.165, 1.54) is 11.1 Å². The van der Waals surface area contributed by atoms with Gasteiger partial charge in [-0.1, -0.05) is 24.3 Å². The lowest BCUT2D eigenvalue weighted by molar-refractivity contribution is -0.0494. The number of hydrogen-bond acceptors (Lipinski definition) is 3. The average Bonchev–Trinajstić information content (AvgIpc) is 2.72. The molecule has 0 saturated carbocycles. The predicted octanol–water partition coefficient (Wildman–Crippen LogP) is 2.98. The summed E-state index contributed by atoms with van der Waals surface area (Å²) in [5.41, 5.74) is -2.53. The monoisotopic (exact) mass is 446 g/mol. The van der Waals surface area contributed by atoms with Crippen LogP contribution in [0.1, 0.15) is 49.7 Å². The van der Waals surface area contributed by atoms with Gasteiger partial charge in [-0.3, -0.25) is 4.99 Å². The molecule has 0 aromatic heterocycles. The van der Waals surface area contributed by atoms with E-state index in [2.05, 4.69) is 28.8 Å². The predicted molar refractivity (Wildman–Crippen MR) is 111 cm³/mol. The fourth-order valence-electron chi connectivity index (χ4n) is 4.15. The Kier molecular flexibility index (Phi) is 7.28. The molecular weight excluding hydrogens is 417 g/mol. The lowest BCUT2D eigenvalue weighted by Crippen LogP contribution is -2.51. The summed E-state index contributed by atoms with van der Waals surface area (Å²) in [6.45, 7) is 2.93. The van der Waals surface area contributed by atoms with Gasteiger partial charge in [0, 0.05) is 38.1 Å². The minimum absolute atomic E-state index is 0.124. The van der Waals surface area contributed by atoms with Gasteiger partial charge in [0.15, 0.2) is 5.96 Å². The number of alkyl halides is 3. The first-order chi connectivity index (χ1) is 14.2. The van der Waals surface area contributed by atoms with Crippen molar-refractivity contribution in [3.63, 3.8) is 0 Å². The molecular formula is C20H29F3N4O2S. The maximum absolute atomic E-state index is 12.7. The molecule has 1 atom stereocenters. The van der Waals surface area contributed by atoms with E-state index in [1.54, 1.807) is 0 Å².